The largest absolute Gasteiger partial charge is 0.478 e. The molecular weight excluding hydrogens is 266 g/mol. The second kappa shape index (κ2) is 6.02. The number of anilines is 1. The first-order valence-corrected chi connectivity index (χ1v) is 7.87. The zero-order valence-electron chi connectivity index (χ0n) is 12.6. The van der Waals surface area contributed by atoms with Crippen molar-refractivity contribution in [2.75, 3.05) is 37.6 Å². The van der Waals surface area contributed by atoms with Crippen molar-refractivity contribution in [3.63, 3.8) is 0 Å². The number of hydrogen-bond acceptors (Lipinski definition) is 4. The summed E-state index contributed by atoms with van der Waals surface area (Å²) in [6.07, 6.45) is 3.54. The Morgan fingerprint density at radius 2 is 2.00 bits per heavy atom. The number of hydrogen-bond donors (Lipinski definition) is 1. The molecule has 0 bridgehead atoms. The Balaban J connectivity index is 1.68. The average molecular weight is 289 g/mol. The van der Waals surface area contributed by atoms with Crippen LogP contribution in [0.4, 0.5) is 5.82 Å². The van der Waals surface area contributed by atoms with E-state index in [4.69, 9.17) is 0 Å². The second-order valence-corrected chi connectivity index (χ2v) is 6.10. The third-order valence-electron chi connectivity index (χ3n) is 4.38. The standard InChI is InChI=1S/C16H23N3O2/c1-2-14-9-13(16(20)21)10-15(17-14)19-7-5-18(6-8-19)11-12-3-4-12/h9-10,12H,2-8,11H2,1H3,(H,20,21). The molecule has 2 fully saturated rings. The van der Waals surface area contributed by atoms with E-state index >= 15 is 0 Å². The summed E-state index contributed by atoms with van der Waals surface area (Å²) in [6.45, 7) is 7.22. The van der Waals surface area contributed by atoms with Crippen LogP contribution < -0.4 is 4.90 Å². The molecule has 21 heavy (non-hydrogen) atoms. The molecule has 1 aromatic rings. The number of carbonyl (C=O) groups is 1. The number of aromatic nitrogens is 1. The topological polar surface area (TPSA) is 56.7 Å². The molecule has 1 saturated heterocycles. The van der Waals surface area contributed by atoms with E-state index in [2.05, 4.69) is 14.8 Å². The molecule has 5 nitrogen and oxygen atoms in total. The van der Waals surface area contributed by atoms with Crippen LogP contribution in [0.3, 0.4) is 0 Å². The Kier molecular flexibility index (Phi) is 4.10. The van der Waals surface area contributed by atoms with Gasteiger partial charge in [-0.3, -0.25) is 4.90 Å². The molecule has 0 atom stereocenters. The molecule has 0 radical (unpaired) electrons. The molecule has 3 rings (SSSR count). The highest BCUT2D eigenvalue weighted by molar-refractivity contribution is 5.88. The molecule has 5 heteroatoms. The summed E-state index contributed by atoms with van der Waals surface area (Å²) >= 11 is 0. The normalized spacial score (nSPS) is 19.8. The molecule has 1 N–H and O–H groups in total. The number of carboxylic acids is 1. The molecule has 114 valence electrons. The highest BCUT2D eigenvalue weighted by atomic mass is 16.4. The first-order valence-electron chi connectivity index (χ1n) is 7.87. The fraction of sp³-hybridized carbons (Fsp3) is 0.625. The lowest BCUT2D eigenvalue weighted by atomic mass is 10.2. The van der Waals surface area contributed by atoms with E-state index in [0.717, 1.165) is 50.0 Å². The fourth-order valence-electron chi connectivity index (χ4n) is 2.86. The van der Waals surface area contributed by atoms with Crippen LogP contribution in [0.1, 0.15) is 35.8 Å². The lowest BCUT2D eigenvalue weighted by molar-refractivity contribution is 0.0696. The molecule has 1 aliphatic carbocycles. The SMILES string of the molecule is CCc1cc(C(=O)O)cc(N2CCN(CC3CC3)CC2)n1. The second-order valence-electron chi connectivity index (χ2n) is 6.10. The van der Waals surface area contributed by atoms with E-state index in [9.17, 15) is 9.90 Å². The minimum absolute atomic E-state index is 0.345. The maximum absolute atomic E-state index is 11.2. The molecule has 0 amide bonds. The van der Waals surface area contributed by atoms with Crippen molar-refractivity contribution in [2.45, 2.75) is 26.2 Å². The minimum atomic E-state index is -0.874. The Hall–Kier alpha value is -1.62. The fourth-order valence-corrected chi connectivity index (χ4v) is 2.86. The number of aryl methyl sites for hydroxylation is 1. The van der Waals surface area contributed by atoms with Crippen LogP contribution in [0, 0.1) is 5.92 Å². The summed E-state index contributed by atoms with van der Waals surface area (Å²) in [6, 6.07) is 3.38. The zero-order chi connectivity index (χ0) is 14.8. The maximum Gasteiger partial charge on any atom is 0.335 e. The Morgan fingerprint density at radius 1 is 1.29 bits per heavy atom. The quantitative estimate of drug-likeness (QED) is 0.897. The highest BCUT2D eigenvalue weighted by Crippen LogP contribution is 2.30. The van der Waals surface area contributed by atoms with Gasteiger partial charge in [-0.1, -0.05) is 6.92 Å². The predicted molar refractivity (Wildman–Crippen MR) is 82.0 cm³/mol. The summed E-state index contributed by atoms with van der Waals surface area (Å²) in [7, 11) is 0. The Bertz CT molecular complexity index is 520. The van der Waals surface area contributed by atoms with Crippen LogP contribution in [0.2, 0.25) is 0 Å². The molecule has 1 aliphatic heterocycles. The van der Waals surface area contributed by atoms with Crippen LogP contribution in [-0.2, 0) is 6.42 Å². The lowest BCUT2D eigenvalue weighted by Crippen LogP contribution is -2.47. The van der Waals surface area contributed by atoms with Gasteiger partial charge in [0.2, 0.25) is 0 Å². The van der Waals surface area contributed by atoms with Crippen LogP contribution in [0.25, 0.3) is 0 Å². The van der Waals surface area contributed by atoms with Gasteiger partial charge in [-0.25, -0.2) is 9.78 Å². The highest BCUT2D eigenvalue weighted by Gasteiger charge is 2.26. The van der Waals surface area contributed by atoms with E-state index in [0.29, 0.717) is 5.56 Å². The van der Waals surface area contributed by atoms with Gasteiger partial charge < -0.3 is 10.0 Å². The molecule has 0 spiro atoms. The number of pyridine rings is 1. The van der Waals surface area contributed by atoms with E-state index in [1.165, 1.54) is 19.4 Å². The van der Waals surface area contributed by atoms with Crippen molar-refractivity contribution in [3.8, 4) is 0 Å². The van der Waals surface area contributed by atoms with Gasteiger partial charge in [0.05, 0.1) is 5.56 Å². The summed E-state index contributed by atoms with van der Waals surface area (Å²) in [5.74, 6) is 0.871. The van der Waals surface area contributed by atoms with Gasteiger partial charge in [-0.05, 0) is 37.3 Å². The Labute approximate surface area is 125 Å². The van der Waals surface area contributed by atoms with Crippen molar-refractivity contribution in [1.29, 1.82) is 0 Å². The summed E-state index contributed by atoms with van der Waals surface area (Å²) in [5.41, 5.74) is 1.20. The Morgan fingerprint density at radius 3 is 2.57 bits per heavy atom. The van der Waals surface area contributed by atoms with Gasteiger partial charge in [-0.15, -0.1) is 0 Å². The number of nitrogens with zero attached hydrogens (tertiary/aromatic N) is 3. The molecule has 0 aromatic carbocycles. The lowest BCUT2D eigenvalue weighted by Gasteiger charge is -2.35. The van der Waals surface area contributed by atoms with E-state index in [1.807, 2.05) is 6.92 Å². The van der Waals surface area contributed by atoms with Crippen molar-refractivity contribution in [1.82, 2.24) is 9.88 Å². The van der Waals surface area contributed by atoms with Gasteiger partial charge in [0.15, 0.2) is 0 Å². The van der Waals surface area contributed by atoms with Crippen molar-refractivity contribution >= 4 is 11.8 Å². The van der Waals surface area contributed by atoms with Crippen molar-refractivity contribution < 1.29 is 9.90 Å². The summed E-state index contributed by atoms with van der Waals surface area (Å²) in [4.78, 5) is 20.6. The predicted octanol–water partition coefficient (Wildman–Crippen LogP) is 1.87. The van der Waals surface area contributed by atoms with Crippen LogP contribution in [0.15, 0.2) is 12.1 Å². The van der Waals surface area contributed by atoms with Gasteiger partial charge >= 0.3 is 5.97 Å². The number of piperazine rings is 1. The maximum atomic E-state index is 11.2. The van der Waals surface area contributed by atoms with Crippen molar-refractivity contribution in [3.05, 3.63) is 23.4 Å². The summed E-state index contributed by atoms with van der Waals surface area (Å²) < 4.78 is 0. The molecule has 0 unspecified atom stereocenters. The van der Waals surface area contributed by atoms with Crippen molar-refractivity contribution in [2.24, 2.45) is 5.92 Å². The monoisotopic (exact) mass is 289 g/mol. The molecule has 2 heterocycles. The van der Waals surface area contributed by atoms with E-state index < -0.39 is 5.97 Å². The number of rotatable bonds is 5. The number of carboxylic acid groups (broad SMARTS) is 1. The third-order valence-corrected chi connectivity index (χ3v) is 4.38. The van der Waals surface area contributed by atoms with Crippen LogP contribution in [0.5, 0.6) is 0 Å². The van der Waals surface area contributed by atoms with E-state index in [1.54, 1.807) is 12.1 Å². The average Bonchev–Trinajstić information content (AvgIpc) is 3.31. The molecule has 1 aromatic heterocycles. The molecular formula is C16H23N3O2. The first kappa shape index (κ1) is 14.3. The third kappa shape index (κ3) is 3.53. The molecule has 2 aliphatic rings. The van der Waals surface area contributed by atoms with Gasteiger partial charge in [0, 0.05) is 38.4 Å². The minimum Gasteiger partial charge on any atom is -0.478 e. The van der Waals surface area contributed by atoms with Crippen LogP contribution in [-0.4, -0.2) is 53.7 Å². The van der Waals surface area contributed by atoms with Gasteiger partial charge in [-0.2, -0.15) is 0 Å². The van der Waals surface area contributed by atoms with Gasteiger partial charge in [0.1, 0.15) is 5.82 Å². The smallest absolute Gasteiger partial charge is 0.335 e. The van der Waals surface area contributed by atoms with Crippen LogP contribution >= 0.6 is 0 Å². The first-order chi connectivity index (χ1) is 10.2. The molecule has 1 saturated carbocycles. The van der Waals surface area contributed by atoms with E-state index in [-0.39, 0.29) is 0 Å². The number of aromatic carboxylic acids is 1. The summed E-state index contributed by atoms with van der Waals surface area (Å²) in [5, 5.41) is 9.22. The van der Waals surface area contributed by atoms with Gasteiger partial charge in [0.25, 0.3) is 0 Å². The zero-order valence-corrected chi connectivity index (χ0v) is 12.6.